The summed E-state index contributed by atoms with van der Waals surface area (Å²) >= 11 is 1.69. The van der Waals surface area contributed by atoms with Crippen molar-refractivity contribution in [2.24, 2.45) is 5.73 Å². The van der Waals surface area contributed by atoms with Gasteiger partial charge in [0.1, 0.15) is 12.5 Å². The van der Waals surface area contributed by atoms with Crippen molar-refractivity contribution in [3.63, 3.8) is 0 Å². The van der Waals surface area contributed by atoms with Crippen molar-refractivity contribution < 1.29 is 15.0 Å². The first-order valence-electron chi connectivity index (χ1n) is 10.00. The molecule has 1 aromatic carbocycles. The number of benzene rings is 1. The lowest BCUT2D eigenvalue weighted by atomic mass is 8.87. The summed E-state index contributed by atoms with van der Waals surface area (Å²) in [6.45, 7) is 1.39. The van der Waals surface area contributed by atoms with Crippen molar-refractivity contribution >= 4 is 108 Å². The molecule has 0 saturated carbocycles. The lowest BCUT2D eigenvalue weighted by molar-refractivity contribution is -0.138. The van der Waals surface area contributed by atoms with Crippen molar-refractivity contribution in [3.8, 4) is 0 Å². The molecule has 0 heterocycles. The maximum Gasteiger partial charge on any atom is 0.320 e. The van der Waals surface area contributed by atoms with Gasteiger partial charge in [-0.25, -0.2) is 11.6 Å². The highest BCUT2D eigenvalue weighted by molar-refractivity contribution is 8.27. The van der Waals surface area contributed by atoms with Crippen LogP contribution in [0.15, 0.2) is 24.3 Å². The Balaban J connectivity index is 2.17. The fourth-order valence-electron chi connectivity index (χ4n) is 2.52. The third kappa shape index (κ3) is 14.3. The highest BCUT2D eigenvalue weighted by atomic mass is 32.2. The third-order valence-corrected chi connectivity index (χ3v) is 4.87. The molecule has 0 fully saturated rings. The van der Waals surface area contributed by atoms with E-state index in [-0.39, 0.29) is 6.61 Å². The predicted molar refractivity (Wildman–Crippen MR) is 147 cm³/mol. The number of rotatable bonds is 20. The number of carboxylic acid groups (broad SMARTS) is 1. The Morgan fingerprint density at radius 2 is 1.58 bits per heavy atom. The van der Waals surface area contributed by atoms with Gasteiger partial charge in [0.15, 0.2) is 0 Å². The summed E-state index contributed by atoms with van der Waals surface area (Å²) in [4.78, 5) is 13.0. The molecular formula is C13H19B12N2O3S. The zero-order chi connectivity index (χ0) is 22.7. The van der Waals surface area contributed by atoms with E-state index in [2.05, 4.69) is 4.90 Å². The van der Waals surface area contributed by atoms with Crippen LogP contribution in [0.4, 0.5) is 5.69 Å². The monoisotopic (exact) mass is 415 g/mol. The quantitative estimate of drug-likeness (QED) is 0.150. The molecular weight excluding hydrogens is 394 g/mol. The molecule has 0 aliphatic carbocycles. The Morgan fingerprint density at radius 1 is 1.00 bits per heavy atom. The van der Waals surface area contributed by atoms with Crippen LogP contribution in [0.5, 0.6) is 0 Å². The van der Waals surface area contributed by atoms with Crippen molar-refractivity contribution in [1.29, 1.82) is 0 Å². The van der Waals surface area contributed by atoms with Gasteiger partial charge >= 0.3 is 5.97 Å². The smallest absolute Gasteiger partial charge is 0.320 e. The molecule has 1 rings (SSSR count). The van der Waals surface area contributed by atoms with Crippen LogP contribution in [-0.2, 0) is 11.2 Å². The van der Waals surface area contributed by atoms with Crippen molar-refractivity contribution in [3.05, 3.63) is 29.8 Å². The van der Waals surface area contributed by atoms with Gasteiger partial charge in [-0.2, -0.15) is 0 Å². The van der Waals surface area contributed by atoms with Crippen molar-refractivity contribution in [2.75, 3.05) is 30.3 Å². The molecule has 13 radical (unpaired) electrons. The number of aliphatic hydroxyl groups is 1. The average Bonchev–Trinajstić information content (AvgIpc) is 2.76. The lowest BCUT2D eigenvalue weighted by Crippen LogP contribution is -2.33. The first-order chi connectivity index (χ1) is 15.1. The summed E-state index contributed by atoms with van der Waals surface area (Å²) in [7, 11) is 23.9. The molecule has 4 N–H and O–H groups in total. The molecule has 1 unspecified atom stereocenters. The minimum absolute atomic E-state index is 0.0654. The minimum atomic E-state index is -1.01. The molecule has 0 spiro atoms. The zero-order valence-electron chi connectivity index (χ0n) is 17.6. The fraction of sp³-hybridized carbons (Fsp3) is 0.462. The second-order valence-corrected chi connectivity index (χ2v) is 7.47. The zero-order valence-corrected chi connectivity index (χ0v) is 18.4. The largest absolute Gasteiger partial charge is 0.480 e. The Bertz CT molecular complexity index is 593. The standard InChI is InChI=1S/C13H19B12N2O3S/c14-15-16-17-18-19-20-21-22-23-24-25-31-8-6-27(5-7-28)11-3-1-10(2-4-11)9-12(26)13(29)30/h1-4,12,28H,5-9,26H2,(H,29,30). The van der Waals surface area contributed by atoms with Crippen LogP contribution in [-0.4, -0.2) is 132 Å². The predicted octanol–water partition coefficient (Wildman–Crippen LogP) is -3.93. The average molecular weight is 413 g/mol. The second kappa shape index (κ2) is 19.0. The molecule has 0 saturated heterocycles. The van der Waals surface area contributed by atoms with Crippen molar-refractivity contribution in [1.82, 2.24) is 0 Å². The van der Waals surface area contributed by atoms with E-state index in [0.29, 0.717) is 13.0 Å². The number of carbonyl (C=O) groups is 1. The van der Waals surface area contributed by atoms with E-state index in [9.17, 15) is 9.90 Å². The summed E-state index contributed by atoms with van der Waals surface area (Å²) in [6.07, 6.45) is 2.33. The molecule has 141 valence electrons. The Hall–Kier alpha value is -0.461. The fourth-order valence-corrected chi connectivity index (χ4v) is 3.18. The molecule has 0 amide bonds. The van der Waals surface area contributed by atoms with E-state index in [4.69, 9.17) is 18.6 Å². The van der Waals surface area contributed by atoms with Crippen LogP contribution >= 0.6 is 11.6 Å². The van der Waals surface area contributed by atoms with Gasteiger partial charge in [0.2, 0.25) is 0 Å². The molecule has 0 aliphatic rings. The van der Waals surface area contributed by atoms with E-state index in [1.54, 1.807) is 18.7 Å². The maximum atomic E-state index is 10.9. The topological polar surface area (TPSA) is 86.8 Å². The van der Waals surface area contributed by atoms with Crippen LogP contribution in [0, 0.1) is 0 Å². The molecule has 18 heteroatoms. The summed E-state index contributed by atoms with van der Waals surface area (Å²) in [5.74, 6) is -0.132. The molecule has 0 aliphatic heterocycles. The second-order valence-electron chi connectivity index (χ2n) is 6.46. The number of carboxylic acids is 1. The summed E-state index contributed by atoms with van der Waals surface area (Å²) < 4.78 is 0. The first-order valence-corrected chi connectivity index (χ1v) is 11.0. The Labute approximate surface area is 201 Å². The third-order valence-electron chi connectivity index (χ3n) is 4.10. The van der Waals surface area contributed by atoms with Gasteiger partial charge in [-0.15, -0.1) is 0 Å². The van der Waals surface area contributed by atoms with Crippen LogP contribution < -0.4 is 10.6 Å². The number of aliphatic hydroxyl groups excluding tert-OH is 1. The van der Waals surface area contributed by atoms with Crippen LogP contribution in [0.1, 0.15) is 5.56 Å². The SMILES string of the molecule is [B][B][B][B][B][B][B][B][B][B][B][B]SCCN(CCO)c1ccc(CC(N)C(=O)O)cc1. The highest BCUT2D eigenvalue weighted by Gasteiger charge is 2.12. The molecule has 1 aromatic rings. The maximum absolute atomic E-state index is 10.9. The van der Waals surface area contributed by atoms with Gasteiger partial charge < -0.3 is 20.8 Å². The Kier molecular flexibility index (Phi) is 17.6. The minimum Gasteiger partial charge on any atom is -0.480 e. The summed E-state index contributed by atoms with van der Waals surface area (Å²) in [5, 5.41) is 18.3. The van der Waals surface area contributed by atoms with Gasteiger partial charge in [0.05, 0.1) is 6.61 Å². The van der Waals surface area contributed by atoms with E-state index in [1.165, 1.54) is 7.06 Å². The molecule has 0 aromatic heterocycles. The van der Waals surface area contributed by atoms with Gasteiger partial charge in [-0.1, -0.05) is 12.1 Å². The van der Waals surface area contributed by atoms with E-state index in [1.807, 2.05) is 87.2 Å². The first kappa shape index (κ1) is 28.6. The van der Waals surface area contributed by atoms with E-state index < -0.39 is 12.0 Å². The van der Waals surface area contributed by atoms with E-state index >= 15 is 0 Å². The summed E-state index contributed by atoms with van der Waals surface area (Å²) in [6, 6.07) is 6.74. The number of hydrogen-bond donors (Lipinski definition) is 3. The molecule has 1 atom stereocenters. The lowest BCUT2D eigenvalue weighted by Gasteiger charge is -2.24. The number of nitrogens with two attached hydrogens (primary N) is 1. The van der Waals surface area contributed by atoms with Gasteiger partial charge in [0.25, 0.3) is 0 Å². The molecule has 31 heavy (non-hydrogen) atoms. The Morgan fingerprint density at radius 3 is 2.13 bits per heavy atom. The number of aliphatic carboxylic acids is 1. The van der Waals surface area contributed by atoms with Gasteiger partial charge in [0, 0.05) is 97.1 Å². The van der Waals surface area contributed by atoms with Gasteiger partial charge in [-0.3, -0.25) is 4.79 Å². The summed E-state index contributed by atoms with van der Waals surface area (Å²) in [5.41, 5.74) is 7.45. The van der Waals surface area contributed by atoms with Crippen LogP contribution in [0.3, 0.4) is 0 Å². The molecule has 0 bridgehead atoms. The normalized spacial score (nSPS) is 10.6. The highest BCUT2D eigenvalue weighted by Crippen LogP contribution is 2.16. The van der Waals surface area contributed by atoms with Crippen LogP contribution in [0.25, 0.3) is 0 Å². The van der Waals surface area contributed by atoms with Gasteiger partial charge in [-0.05, 0) is 29.9 Å². The number of anilines is 1. The number of nitrogens with zero attached hydrogens (tertiary/aromatic N) is 1. The van der Waals surface area contributed by atoms with Crippen LogP contribution in [0.2, 0.25) is 0 Å². The molecule has 5 nitrogen and oxygen atoms in total. The van der Waals surface area contributed by atoms with Crippen molar-refractivity contribution in [2.45, 2.75) is 12.5 Å². The number of hydrogen-bond acceptors (Lipinski definition) is 5. The van der Waals surface area contributed by atoms with E-state index in [0.717, 1.165) is 23.5 Å².